The van der Waals surface area contributed by atoms with E-state index in [-0.39, 0.29) is 5.82 Å². The van der Waals surface area contributed by atoms with E-state index in [9.17, 15) is 9.18 Å². The lowest BCUT2D eigenvalue weighted by Gasteiger charge is -2.07. The van der Waals surface area contributed by atoms with Crippen molar-refractivity contribution >= 4 is 6.09 Å². The number of rotatable bonds is 3. The van der Waals surface area contributed by atoms with Crippen molar-refractivity contribution in [2.45, 2.75) is 13.0 Å². The molecule has 1 amide bonds. The van der Waals surface area contributed by atoms with Gasteiger partial charge in [0.05, 0.1) is 17.9 Å². The van der Waals surface area contributed by atoms with Gasteiger partial charge in [-0.1, -0.05) is 0 Å². The van der Waals surface area contributed by atoms with Gasteiger partial charge >= 0.3 is 6.09 Å². The Morgan fingerprint density at radius 3 is 2.72 bits per heavy atom. The number of amides is 1. The second-order valence-corrected chi connectivity index (χ2v) is 3.86. The summed E-state index contributed by atoms with van der Waals surface area (Å²) in [6.07, 6.45) is 0.477. The highest BCUT2D eigenvalue weighted by Gasteiger charge is 2.12. The van der Waals surface area contributed by atoms with Crippen molar-refractivity contribution < 1.29 is 14.3 Å². The summed E-state index contributed by atoms with van der Waals surface area (Å²) in [7, 11) is 0. The van der Waals surface area contributed by atoms with Gasteiger partial charge in [-0.15, -0.1) is 0 Å². The van der Waals surface area contributed by atoms with Gasteiger partial charge in [0.1, 0.15) is 11.6 Å². The molecule has 0 radical (unpaired) electrons. The van der Waals surface area contributed by atoms with Crippen LogP contribution in [0.25, 0.3) is 11.3 Å². The van der Waals surface area contributed by atoms with Crippen LogP contribution in [0.1, 0.15) is 18.8 Å². The first kappa shape index (κ1) is 12.1. The van der Waals surface area contributed by atoms with E-state index in [1.54, 1.807) is 25.3 Å². The molecule has 0 saturated heterocycles. The first-order chi connectivity index (χ1) is 8.56. The molecule has 18 heavy (non-hydrogen) atoms. The van der Waals surface area contributed by atoms with Gasteiger partial charge in [0.15, 0.2) is 0 Å². The Labute approximate surface area is 103 Å². The Kier molecular flexibility index (Phi) is 3.27. The molecule has 0 saturated carbocycles. The zero-order valence-corrected chi connectivity index (χ0v) is 9.64. The zero-order chi connectivity index (χ0) is 13.1. The fraction of sp³-hybridized carbons (Fsp3) is 0.167. The van der Waals surface area contributed by atoms with Crippen LogP contribution in [0.3, 0.4) is 0 Å². The lowest BCUT2D eigenvalue weighted by atomic mass is 10.2. The summed E-state index contributed by atoms with van der Waals surface area (Å²) in [5, 5.41) is 10.9. The van der Waals surface area contributed by atoms with Crippen molar-refractivity contribution in [3.05, 3.63) is 42.1 Å². The van der Waals surface area contributed by atoms with Crippen LogP contribution in [0.4, 0.5) is 9.18 Å². The summed E-state index contributed by atoms with van der Waals surface area (Å²) in [4.78, 5) is 17.6. The minimum atomic E-state index is -1.11. The van der Waals surface area contributed by atoms with Gasteiger partial charge in [-0.2, -0.15) is 0 Å². The summed E-state index contributed by atoms with van der Waals surface area (Å²) >= 11 is 0. The summed E-state index contributed by atoms with van der Waals surface area (Å²) < 4.78 is 12.8. The molecular weight excluding hydrogens is 237 g/mol. The van der Waals surface area contributed by atoms with E-state index < -0.39 is 12.1 Å². The van der Waals surface area contributed by atoms with E-state index >= 15 is 0 Å². The number of hydrogen-bond acceptors (Lipinski definition) is 2. The molecule has 1 aromatic carbocycles. The van der Waals surface area contributed by atoms with Crippen molar-refractivity contribution in [2.75, 3.05) is 0 Å². The highest BCUT2D eigenvalue weighted by molar-refractivity contribution is 5.65. The second-order valence-electron chi connectivity index (χ2n) is 3.86. The topological polar surface area (TPSA) is 78.0 Å². The maximum absolute atomic E-state index is 12.8. The van der Waals surface area contributed by atoms with E-state index in [1.807, 2.05) is 0 Å². The third-order valence-corrected chi connectivity index (χ3v) is 2.50. The molecule has 5 nitrogen and oxygen atoms in total. The monoisotopic (exact) mass is 249 g/mol. The fourth-order valence-electron chi connectivity index (χ4n) is 1.59. The minimum absolute atomic E-state index is 0.306. The van der Waals surface area contributed by atoms with Crippen molar-refractivity contribution in [1.29, 1.82) is 0 Å². The number of imidazole rings is 1. The van der Waals surface area contributed by atoms with Crippen LogP contribution in [0, 0.1) is 5.82 Å². The van der Waals surface area contributed by atoms with Crippen LogP contribution < -0.4 is 5.32 Å². The molecule has 0 aliphatic heterocycles. The largest absolute Gasteiger partial charge is 0.465 e. The predicted molar refractivity (Wildman–Crippen MR) is 63.6 cm³/mol. The lowest BCUT2D eigenvalue weighted by molar-refractivity contribution is 0.190. The van der Waals surface area contributed by atoms with E-state index in [0.717, 1.165) is 5.56 Å². The number of carboxylic acid groups (broad SMARTS) is 1. The van der Waals surface area contributed by atoms with Crippen molar-refractivity contribution in [3.8, 4) is 11.3 Å². The van der Waals surface area contributed by atoms with Crippen LogP contribution in [-0.4, -0.2) is 21.2 Å². The number of aromatic nitrogens is 2. The fourth-order valence-corrected chi connectivity index (χ4v) is 1.59. The molecule has 94 valence electrons. The number of hydrogen-bond donors (Lipinski definition) is 3. The highest BCUT2D eigenvalue weighted by Crippen LogP contribution is 2.19. The molecular formula is C12H12FN3O2. The first-order valence-corrected chi connectivity index (χ1v) is 5.36. The average Bonchev–Trinajstić information content (AvgIpc) is 2.78. The van der Waals surface area contributed by atoms with Gasteiger partial charge in [-0.25, -0.2) is 14.2 Å². The number of nitrogens with zero attached hydrogens (tertiary/aromatic N) is 1. The van der Waals surface area contributed by atoms with Gasteiger partial charge in [-0.05, 0) is 36.8 Å². The predicted octanol–water partition coefficient (Wildman–Crippen LogP) is 2.54. The molecule has 0 spiro atoms. The molecule has 0 aliphatic carbocycles. The molecule has 1 aromatic heterocycles. The molecule has 2 rings (SSSR count). The summed E-state index contributed by atoms with van der Waals surface area (Å²) in [6, 6.07) is 5.53. The number of aromatic amines is 1. The smallest absolute Gasteiger partial charge is 0.405 e. The van der Waals surface area contributed by atoms with Crippen LogP contribution in [0.15, 0.2) is 30.5 Å². The van der Waals surface area contributed by atoms with Crippen molar-refractivity contribution in [1.82, 2.24) is 15.3 Å². The number of H-pyrrole nitrogens is 1. The summed E-state index contributed by atoms with van der Waals surface area (Å²) in [5.74, 6) is 0.205. The third kappa shape index (κ3) is 2.65. The molecule has 6 heteroatoms. The average molecular weight is 249 g/mol. The zero-order valence-electron chi connectivity index (χ0n) is 9.64. The molecule has 3 N–H and O–H groups in total. The Hall–Kier alpha value is -2.37. The molecule has 1 heterocycles. The number of benzene rings is 1. The Morgan fingerprint density at radius 1 is 1.44 bits per heavy atom. The summed E-state index contributed by atoms with van der Waals surface area (Å²) in [6.45, 7) is 1.68. The molecule has 2 aromatic rings. The quantitative estimate of drug-likeness (QED) is 0.782. The van der Waals surface area contributed by atoms with Crippen molar-refractivity contribution in [2.24, 2.45) is 0 Å². The maximum Gasteiger partial charge on any atom is 0.405 e. The molecule has 0 bridgehead atoms. The van der Waals surface area contributed by atoms with E-state index in [4.69, 9.17) is 5.11 Å². The van der Waals surface area contributed by atoms with Crippen LogP contribution in [0.5, 0.6) is 0 Å². The minimum Gasteiger partial charge on any atom is -0.465 e. The molecule has 1 atom stereocenters. The first-order valence-electron chi connectivity index (χ1n) is 5.36. The number of carbonyl (C=O) groups is 1. The number of halogens is 1. The van der Waals surface area contributed by atoms with E-state index in [1.165, 1.54) is 12.1 Å². The normalized spacial score (nSPS) is 12.1. The van der Waals surface area contributed by atoms with Crippen LogP contribution >= 0.6 is 0 Å². The van der Waals surface area contributed by atoms with Gasteiger partial charge in [0.2, 0.25) is 0 Å². The van der Waals surface area contributed by atoms with Crippen LogP contribution in [-0.2, 0) is 0 Å². The van der Waals surface area contributed by atoms with Crippen molar-refractivity contribution in [3.63, 3.8) is 0 Å². The van der Waals surface area contributed by atoms with Gasteiger partial charge in [-0.3, -0.25) is 0 Å². The van der Waals surface area contributed by atoms with Gasteiger partial charge in [0, 0.05) is 0 Å². The molecule has 1 unspecified atom stereocenters. The SMILES string of the molecule is CC(NC(=O)O)c1ncc(-c2ccc(F)cc2)[nH]1. The Morgan fingerprint density at radius 2 is 2.11 bits per heavy atom. The van der Waals surface area contributed by atoms with Gasteiger partial charge < -0.3 is 15.4 Å². The molecule has 0 aliphatic rings. The lowest BCUT2D eigenvalue weighted by Crippen LogP contribution is -2.25. The maximum atomic E-state index is 12.8. The molecule has 0 fully saturated rings. The third-order valence-electron chi connectivity index (χ3n) is 2.50. The summed E-state index contributed by atoms with van der Waals surface area (Å²) in [5.41, 5.74) is 1.50. The van der Waals surface area contributed by atoms with Gasteiger partial charge in [0.25, 0.3) is 0 Å². The van der Waals surface area contributed by atoms with E-state index in [2.05, 4.69) is 15.3 Å². The Balaban J connectivity index is 2.19. The van der Waals surface area contributed by atoms with E-state index in [0.29, 0.717) is 11.5 Å². The highest BCUT2D eigenvalue weighted by atomic mass is 19.1. The Bertz CT molecular complexity index is 551. The standard InChI is InChI=1S/C12H12FN3O2/c1-7(15-12(17)18)11-14-6-10(16-11)8-2-4-9(13)5-3-8/h2-7,15H,1H3,(H,14,16)(H,17,18). The van der Waals surface area contributed by atoms with Crippen LogP contribution in [0.2, 0.25) is 0 Å². The second kappa shape index (κ2) is 4.87. The number of nitrogens with one attached hydrogen (secondary N) is 2.